The van der Waals surface area contributed by atoms with Gasteiger partial charge in [0.15, 0.2) is 0 Å². The number of nitrogens with two attached hydrogens (primary N) is 1. The number of rotatable bonds is 3. The predicted octanol–water partition coefficient (Wildman–Crippen LogP) is 3.30. The molecule has 2 rings (SSSR count). The summed E-state index contributed by atoms with van der Waals surface area (Å²) in [5.74, 6) is -2.43. The molecule has 19 heavy (non-hydrogen) atoms. The van der Waals surface area contributed by atoms with Crippen LogP contribution in [0.5, 0.6) is 0 Å². The molecular formula is C12H9BrF2N2OS. The first-order valence-corrected chi connectivity index (χ1v) is 6.90. The monoisotopic (exact) mass is 346 g/mol. The van der Waals surface area contributed by atoms with E-state index in [4.69, 9.17) is 5.73 Å². The number of benzene rings is 1. The fraction of sp³-hybridized carbons (Fsp3) is 0.0833. The van der Waals surface area contributed by atoms with E-state index in [0.717, 1.165) is 21.5 Å². The van der Waals surface area contributed by atoms with Gasteiger partial charge in [0.1, 0.15) is 17.3 Å². The van der Waals surface area contributed by atoms with Crippen molar-refractivity contribution in [2.45, 2.75) is 6.54 Å². The predicted molar refractivity (Wildman–Crippen MR) is 74.0 cm³/mol. The number of anilines is 1. The molecule has 0 fully saturated rings. The molecule has 1 aromatic carbocycles. The van der Waals surface area contributed by atoms with Crippen LogP contribution in [-0.2, 0) is 6.54 Å². The molecule has 3 N–H and O–H groups in total. The van der Waals surface area contributed by atoms with Crippen molar-refractivity contribution in [3.05, 3.63) is 50.1 Å². The Morgan fingerprint density at radius 3 is 2.47 bits per heavy atom. The number of hydrogen-bond donors (Lipinski definition) is 2. The summed E-state index contributed by atoms with van der Waals surface area (Å²) in [7, 11) is 0. The second-order valence-electron chi connectivity index (χ2n) is 3.77. The zero-order valence-corrected chi connectivity index (χ0v) is 11.9. The van der Waals surface area contributed by atoms with Crippen molar-refractivity contribution in [2.24, 2.45) is 0 Å². The maximum atomic E-state index is 13.2. The van der Waals surface area contributed by atoms with Crippen molar-refractivity contribution in [1.29, 1.82) is 0 Å². The SMILES string of the molecule is Nc1c(F)cc(C(=O)NCc2cc(Br)cs2)cc1F. The Bertz CT molecular complexity index is 607. The first kappa shape index (κ1) is 14.0. The number of carbonyl (C=O) groups is 1. The van der Waals surface area contributed by atoms with Gasteiger partial charge in [-0.15, -0.1) is 11.3 Å². The molecule has 0 radical (unpaired) electrons. The van der Waals surface area contributed by atoms with E-state index in [1.807, 2.05) is 11.4 Å². The molecule has 0 atom stereocenters. The number of nitrogen functional groups attached to an aromatic ring is 1. The number of nitrogens with one attached hydrogen (secondary N) is 1. The van der Waals surface area contributed by atoms with Gasteiger partial charge in [0, 0.05) is 20.3 Å². The van der Waals surface area contributed by atoms with Gasteiger partial charge < -0.3 is 11.1 Å². The zero-order valence-electron chi connectivity index (χ0n) is 9.54. The third-order valence-corrected chi connectivity index (χ3v) is 4.08. The minimum absolute atomic E-state index is 0.0974. The number of amides is 1. The van der Waals surface area contributed by atoms with Crippen LogP contribution in [0, 0.1) is 11.6 Å². The largest absolute Gasteiger partial charge is 0.394 e. The van der Waals surface area contributed by atoms with E-state index in [1.165, 1.54) is 11.3 Å². The smallest absolute Gasteiger partial charge is 0.251 e. The van der Waals surface area contributed by atoms with Gasteiger partial charge in [0.05, 0.1) is 6.54 Å². The van der Waals surface area contributed by atoms with Crippen LogP contribution >= 0.6 is 27.3 Å². The van der Waals surface area contributed by atoms with Crippen LogP contribution in [0.4, 0.5) is 14.5 Å². The van der Waals surface area contributed by atoms with Crippen molar-refractivity contribution in [3.8, 4) is 0 Å². The van der Waals surface area contributed by atoms with Gasteiger partial charge in [-0.2, -0.15) is 0 Å². The summed E-state index contributed by atoms with van der Waals surface area (Å²) in [6.45, 7) is 0.294. The fourth-order valence-corrected chi connectivity index (χ4v) is 2.82. The Morgan fingerprint density at radius 2 is 1.95 bits per heavy atom. The first-order chi connectivity index (χ1) is 8.97. The van der Waals surface area contributed by atoms with E-state index in [1.54, 1.807) is 0 Å². The molecule has 1 aromatic heterocycles. The maximum absolute atomic E-state index is 13.2. The van der Waals surface area contributed by atoms with E-state index in [9.17, 15) is 13.6 Å². The van der Waals surface area contributed by atoms with Crippen molar-refractivity contribution in [1.82, 2.24) is 5.32 Å². The molecule has 0 saturated carbocycles. The summed E-state index contributed by atoms with van der Waals surface area (Å²) in [6.07, 6.45) is 0. The summed E-state index contributed by atoms with van der Waals surface area (Å²) in [5.41, 5.74) is 4.45. The number of halogens is 3. The highest BCUT2D eigenvalue weighted by Crippen LogP contribution is 2.20. The molecule has 0 aliphatic heterocycles. The quantitative estimate of drug-likeness (QED) is 0.837. The highest BCUT2D eigenvalue weighted by atomic mass is 79.9. The molecule has 3 nitrogen and oxygen atoms in total. The van der Waals surface area contributed by atoms with Crippen LogP contribution in [-0.4, -0.2) is 5.91 Å². The van der Waals surface area contributed by atoms with Crippen molar-refractivity contribution < 1.29 is 13.6 Å². The van der Waals surface area contributed by atoms with E-state index in [2.05, 4.69) is 21.2 Å². The lowest BCUT2D eigenvalue weighted by molar-refractivity contribution is 0.0950. The minimum atomic E-state index is -0.941. The van der Waals surface area contributed by atoms with Crippen LogP contribution in [0.1, 0.15) is 15.2 Å². The average Bonchev–Trinajstić information content (AvgIpc) is 2.78. The van der Waals surface area contributed by atoms with Gasteiger partial charge in [-0.3, -0.25) is 4.79 Å². The zero-order chi connectivity index (χ0) is 14.0. The summed E-state index contributed by atoms with van der Waals surface area (Å²) in [5, 5.41) is 4.46. The molecule has 0 aliphatic carbocycles. The molecule has 0 unspecified atom stereocenters. The van der Waals surface area contributed by atoms with E-state index in [0.29, 0.717) is 6.54 Å². The standard InChI is InChI=1S/C12H9BrF2N2OS/c13-7-3-8(19-5-7)4-17-12(18)6-1-9(14)11(16)10(15)2-6/h1-3,5H,4,16H2,(H,17,18). The molecule has 0 bridgehead atoms. The van der Waals surface area contributed by atoms with Gasteiger partial charge in [0.25, 0.3) is 5.91 Å². The summed E-state index contributed by atoms with van der Waals surface area (Å²) in [6, 6.07) is 3.69. The lowest BCUT2D eigenvalue weighted by Crippen LogP contribution is -2.22. The summed E-state index contributed by atoms with van der Waals surface area (Å²) >= 11 is 4.76. The van der Waals surface area contributed by atoms with Gasteiger partial charge >= 0.3 is 0 Å². The topological polar surface area (TPSA) is 55.1 Å². The fourth-order valence-electron chi connectivity index (χ4n) is 1.43. The highest BCUT2D eigenvalue weighted by molar-refractivity contribution is 9.10. The molecule has 0 saturated heterocycles. The summed E-state index contributed by atoms with van der Waals surface area (Å²) in [4.78, 5) is 12.7. The normalized spacial score (nSPS) is 10.5. The van der Waals surface area contributed by atoms with Gasteiger partial charge in [-0.25, -0.2) is 8.78 Å². The molecule has 0 aliphatic rings. The maximum Gasteiger partial charge on any atom is 0.251 e. The second-order valence-corrected chi connectivity index (χ2v) is 5.68. The number of hydrogen-bond acceptors (Lipinski definition) is 3. The van der Waals surface area contributed by atoms with Crippen molar-refractivity contribution >= 4 is 38.9 Å². The number of carbonyl (C=O) groups excluding carboxylic acids is 1. The lowest BCUT2D eigenvalue weighted by atomic mass is 10.1. The molecular weight excluding hydrogens is 338 g/mol. The molecule has 0 spiro atoms. The van der Waals surface area contributed by atoms with E-state index in [-0.39, 0.29) is 5.56 Å². The Hall–Kier alpha value is -1.47. The second kappa shape index (κ2) is 5.66. The minimum Gasteiger partial charge on any atom is -0.394 e. The Labute approximate surface area is 120 Å². The molecule has 100 valence electrons. The first-order valence-electron chi connectivity index (χ1n) is 5.23. The van der Waals surface area contributed by atoms with Crippen LogP contribution in [0.2, 0.25) is 0 Å². The Kier molecular flexibility index (Phi) is 4.16. The Balaban J connectivity index is 2.08. The Morgan fingerprint density at radius 1 is 1.32 bits per heavy atom. The third-order valence-electron chi connectivity index (χ3n) is 2.39. The lowest BCUT2D eigenvalue weighted by Gasteiger charge is -2.06. The van der Waals surface area contributed by atoms with E-state index >= 15 is 0 Å². The molecule has 1 amide bonds. The molecule has 7 heteroatoms. The van der Waals surface area contributed by atoms with Crippen LogP contribution < -0.4 is 11.1 Å². The van der Waals surface area contributed by atoms with Crippen LogP contribution in [0.15, 0.2) is 28.1 Å². The van der Waals surface area contributed by atoms with Crippen LogP contribution in [0.3, 0.4) is 0 Å². The van der Waals surface area contributed by atoms with Crippen molar-refractivity contribution in [2.75, 3.05) is 5.73 Å². The molecule has 1 heterocycles. The van der Waals surface area contributed by atoms with Crippen LogP contribution in [0.25, 0.3) is 0 Å². The van der Waals surface area contributed by atoms with E-state index < -0.39 is 23.2 Å². The number of thiophene rings is 1. The average molecular weight is 347 g/mol. The van der Waals surface area contributed by atoms with Gasteiger partial charge in [-0.05, 0) is 34.1 Å². The highest BCUT2D eigenvalue weighted by Gasteiger charge is 2.13. The summed E-state index contributed by atoms with van der Waals surface area (Å²) < 4.78 is 27.4. The molecule has 2 aromatic rings. The van der Waals surface area contributed by atoms with Gasteiger partial charge in [0.2, 0.25) is 0 Å². The van der Waals surface area contributed by atoms with Gasteiger partial charge in [-0.1, -0.05) is 0 Å². The van der Waals surface area contributed by atoms with Crippen molar-refractivity contribution in [3.63, 3.8) is 0 Å². The third kappa shape index (κ3) is 3.30.